The van der Waals surface area contributed by atoms with Gasteiger partial charge in [0.2, 0.25) is 0 Å². The third-order valence-corrected chi connectivity index (χ3v) is 3.60. The Kier molecular flexibility index (Phi) is 4.78. The first kappa shape index (κ1) is 13.5. The molecule has 94 valence electrons. The molecule has 0 spiro atoms. The Balaban J connectivity index is 2.68. The summed E-state index contributed by atoms with van der Waals surface area (Å²) in [6, 6.07) is 0.342. The summed E-state index contributed by atoms with van der Waals surface area (Å²) in [5.41, 5.74) is -0.689. The number of aliphatic carboxylic acids is 1. The molecule has 1 atom stereocenters. The quantitative estimate of drug-likeness (QED) is 0.670. The van der Waals surface area contributed by atoms with E-state index in [-0.39, 0.29) is 0 Å². The van der Waals surface area contributed by atoms with Crippen molar-refractivity contribution in [3.63, 3.8) is 0 Å². The zero-order chi connectivity index (χ0) is 12.2. The number of carbonyl (C=O) groups is 1. The van der Waals surface area contributed by atoms with Gasteiger partial charge >= 0.3 is 5.97 Å². The van der Waals surface area contributed by atoms with Crippen LogP contribution < -0.4 is 5.32 Å². The maximum atomic E-state index is 11.5. The summed E-state index contributed by atoms with van der Waals surface area (Å²) in [4.78, 5) is 11.5. The van der Waals surface area contributed by atoms with Crippen LogP contribution >= 0.6 is 0 Å². The highest BCUT2D eigenvalue weighted by atomic mass is 16.4. The number of hydrogen-bond donors (Lipinski definition) is 2. The average Bonchev–Trinajstić information content (AvgIpc) is 3.00. The Morgan fingerprint density at radius 1 is 1.38 bits per heavy atom. The molecule has 1 rings (SSSR count). The standard InChI is InChI=1S/C13H25NO2/c1-4-8-13(9-5-2,12(15)16)14-10(3)11-6-7-11/h10-11,14H,4-9H2,1-3H3,(H,15,16). The predicted molar refractivity (Wildman–Crippen MR) is 65.5 cm³/mol. The summed E-state index contributed by atoms with van der Waals surface area (Å²) in [5, 5.41) is 12.9. The van der Waals surface area contributed by atoms with Gasteiger partial charge in [-0.25, -0.2) is 0 Å². The fourth-order valence-electron chi connectivity index (χ4n) is 2.55. The highest BCUT2D eigenvalue weighted by Crippen LogP contribution is 2.34. The minimum Gasteiger partial charge on any atom is -0.480 e. The van der Waals surface area contributed by atoms with Crippen molar-refractivity contribution >= 4 is 5.97 Å². The van der Waals surface area contributed by atoms with E-state index in [4.69, 9.17) is 0 Å². The third-order valence-electron chi connectivity index (χ3n) is 3.60. The van der Waals surface area contributed by atoms with E-state index >= 15 is 0 Å². The second-order valence-electron chi connectivity index (χ2n) is 5.16. The molecule has 0 aromatic carbocycles. The molecule has 2 N–H and O–H groups in total. The van der Waals surface area contributed by atoms with Crippen molar-refractivity contribution in [2.24, 2.45) is 5.92 Å². The van der Waals surface area contributed by atoms with Crippen LogP contribution in [0.15, 0.2) is 0 Å². The van der Waals surface area contributed by atoms with Crippen molar-refractivity contribution in [2.45, 2.75) is 70.9 Å². The highest BCUT2D eigenvalue weighted by molar-refractivity contribution is 5.78. The van der Waals surface area contributed by atoms with Gasteiger partial charge in [-0.15, -0.1) is 0 Å². The molecule has 1 fully saturated rings. The Morgan fingerprint density at radius 3 is 2.19 bits per heavy atom. The summed E-state index contributed by atoms with van der Waals surface area (Å²) < 4.78 is 0. The molecule has 0 amide bonds. The molecule has 0 heterocycles. The van der Waals surface area contributed by atoms with Gasteiger partial charge in [-0.05, 0) is 38.5 Å². The zero-order valence-corrected chi connectivity index (χ0v) is 10.8. The SMILES string of the molecule is CCCC(CCC)(NC(C)C1CC1)C(=O)O. The van der Waals surface area contributed by atoms with Crippen molar-refractivity contribution in [1.29, 1.82) is 0 Å². The molecule has 0 aromatic rings. The zero-order valence-electron chi connectivity index (χ0n) is 10.8. The summed E-state index contributed by atoms with van der Waals surface area (Å²) in [6.45, 7) is 6.23. The van der Waals surface area contributed by atoms with Crippen LogP contribution in [-0.2, 0) is 4.79 Å². The normalized spacial score (nSPS) is 18.4. The molecule has 1 saturated carbocycles. The molecule has 1 unspecified atom stereocenters. The van der Waals surface area contributed by atoms with Crippen molar-refractivity contribution < 1.29 is 9.90 Å². The van der Waals surface area contributed by atoms with Gasteiger partial charge in [0.05, 0.1) is 0 Å². The Hall–Kier alpha value is -0.570. The molecule has 0 aromatic heterocycles. The lowest BCUT2D eigenvalue weighted by Crippen LogP contribution is -2.55. The summed E-state index contributed by atoms with van der Waals surface area (Å²) in [7, 11) is 0. The fraction of sp³-hybridized carbons (Fsp3) is 0.923. The smallest absolute Gasteiger partial charge is 0.323 e. The Bertz CT molecular complexity index is 230. The van der Waals surface area contributed by atoms with Crippen LogP contribution in [0.25, 0.3) is 0 Å². The molecule has 1 aliphatic carbocycles. The maximum Gasteiger partial charge on any atom is 0.323 e. The van der Waals surface area contributed by atoms with Gasteiger partial charge in [-0.2, -0.15) is 0 Å². The minimum absolute atomic E-state index is 0.342. The van der Waals surface area contributed by atoms with Crippen molar-refractivity contribution in [3.8, 4) is 0 Å². The predicted octanol–water partition coefficient (Wildman–Crippen LogP) is 2.80. The van der Waals surface area contributed by atoms with E-state index in [2.05, 4.69) is 26.1 Å². The van der Waals surface area contributed by atoms with E-state index in [1.54, 1.807) is 0 Å². The lowest BCUT2D eigenvalue weighted by atomic mass is 9.87. The molecular weight excluding hydrogens is 202 g/mol. The fourth-order valence-corrected chi connectivity index (χ4v) is 2.55. The minimum atomic E-state index is -0.689. The lowest BCUT2D eigenvalue weighted by Gasteiger charge is -2.33. The van der Waals surface area contributed by atoms with E-state index in [0.717, 1.165) is 25.7 Å². The van der Waals surface area contributed by atoms with Gasteiger partial charge in [0.15, 0.2) is 0 Å². The van der Waals surface area contributed by atoms with Crippen LogP contribution in [0.5, 0.6) is 0 Å². The lowest BCUT2D eigenvalue weighted by molar-refractivity contribution is -0.146. The first-order valence-corrected chi connectivity index (χ1v) is 6.56. The molecule has 1 aliphatic rings. The molecule has 0 saturated heterocycles. The number of carboxylic acids is 1. The molecule has 16 heavy (non-hydrogen) atoms. The molecule has 3 nitrogen and oxygen atoms in total. The first-order chi connectivity index (χ1) is 7.55. The first-order valence-electron chi connectivity index (χ1n) is 6.56. The highest BCUT2D eigenvalue weighted by Gasteiger charge is 2.40. The molecule has 0 aliphatic heterocycles. The van der Waals surface area contributed by atoms with Crippen molar-refractivity contribution in [2.75, 3.05) is 0 Å². The van der Waals surface area contributed by atoms with Crippen LogP contribution in [-0.4, -0.2) is 22.7 Å². The van der Waals surface area contributed by atoms with Gasteiger partial charge in [0.25, 0.3) is 0 Å². The van der Waals surface area contributed by atoms with E-state index in [9.17, 15) is 9.90 Å². The van der Waals surface area contributed by atoms with Crippen molar-refractivity contribution in [1.82, 2.24) is 5.32 Å². The summed E-state index contributed by atoms with van der Waals surface area (Å²) in [5.74, 6) is 0.0242. The van der Waals surface area contributed by atoms with Crippen LogP contribution in [0, 0.1) is 5.92 Å². The van der Waals surface area contributed by atoms with E-state index < -0.39 is 11.5 Å². The van der Waals surface area contributed by atoms with Crippen molar-refractivity contribution in [3.05, 3.63) is 0 Å². The number of carboxylic acid groups (broad SMARTS) is 1. The van der Waals surface area contributed by atoms with Gasteiger partial charge in [-0.1, -0.05) is 26.7 Å². The second-order valence-corrected chi connectivity index (χ2v) is 5.16. The van der Waals surface area contributed by atoms with Crippen LogP contribution in [0.1, 0.15) is 59.3 Å². The average molecular weight is 227 g/mol. The summed E-state index contributed by atoms with van der Waals surface area (Å²) in [6.07, 6.45) is 5.79. The number of nitrogens with one attached hydrogen (secondary N) is 1. The molecule has 0 radical (unpaired) electrons. The monoisotopic (exact) mass is 227 g/mol. The number of hydrogen-bond acceptors (Lipinski definition) is 2. The van der Waals surface area contributed by atoms with Gasteiger partial charge in [0.1, 0.15) is 5.54 Å². The van der Waals surface area contributed by atoms with Gasteiger partial charge in [-0.3, -0.25) is 10.1 Å². The van der Waals surface area contributed by atoms with Crippen LogP contribution in [0.4, 0.5) is 0 Å². The molecular formula is C13H25NO2. The maximum absolute atomic E-state index is 11.5. The molecule has 0 bridgehead atoms. The van der Waals surface area contributed by atoms with Gasteiger partial charge in [0, 0.05) is 6.04 Å². The Labute approximate surface area is 98.6 Å². The summed E-state index contributed by atoms with van der Waals surface area (Å²) >= 11 is 0. The van der Waals surface area contributed by atoms with E-state index in [1.165, 1.54) is 12.8 Å². The largest absolute Gasteiger partial charge is 0.480 e. The van der Waals surface area contributed by atoms with E-state index in [1.807, 2.05) is 0 Å². The topological polar surface area (TPSA) is 49.3 Å². The van der Waals surface area contributed by atoms with E-state index in [0.29, 0.717) is 12.0 Å². The molecule has 3 heteroatoms. The second kappa shape index (κ2) is 5.67. The number of rotatable bonds is 8. The van der Waals surface area contributed by atoms with Crippen LogP contribution in [0.2, 0.25) is 0 Å². The van der Waals surface area contributed by atoms with Crippen LogP contribution in [0.3, 0.4) is 0 Å². The van der Waals surface area contributed by atoms with Gasteiger partial charge < -0.3 is 5.11 Å². The third kappa shape index (κ3) is 3.21. The Morgan fingerprint density at radius 2 is 1.88 bits per heavy atom.